The van der Waals surface area contributed by atoms with Crippen LogP contribution >= 0.6 is 0 Å². The molecule has 0 aliphatic carbocycles. The van der Waals surface area contributed by atoms with Gasteiger partial charge in [-0.3, -0.25) is 14.2 Å². The van der Waals surface area contributed by atoms with Crippen LogP contribution in [-0.4, -0.2) is 30.8 Å². The molecule has 36 heavy (non-hydrogen) atoms. The van der Waals surface area contributed by atoms with Crippen LogP contribution < -0.4 is 30.4 Å². The van der Waals surface area contributed by atoms with Gasteiger partial charge in [-0.25, -0.2) is 4.39 Å². The third-order valence-electron chi connectivity index (χ3n) is 5.81. The molecule has 0 saturated heterocycles. The molecule has 0 saturated carbocycles. The van der Waals surface area contributed by atoms with E-state index < -0.39 is 11.7 Å². The van der Waals surface area contributed by atoms with Crippen molar-refractivity contribution < 1.29 is 23.4 Å². The Labute approximate surface area is 206 Å². The van der Waals surface area contributed by atoms with E-state index in [9.17, 15) is 14.0 Å². The van der Waals surface area contributed by atoms with E-state index >= 15 is 0 Å². The summed E-state index contributed by atoms with van der Waals surface area (Å²) in [5.74, 6) is 0.892. The zero-order valence-corrected chi connectivity index (χ0v) is 19.5. The van der Waals surface area contributed by atoms with E-state index in [1.807, 2.05) is 24.3 Å². The molecule has 5 rings (SSSR count). The molecule has 9 heteroatoms. The number of fused-ring (bicyclic) bond motifs is 2. The third-order valence-corrected chi connectivity index (χ3v) is 5.81. The summed E-state index contributed by atoms with van der Waals surface area (Å²) in [6.45, 7) is 0.801. The van der Waals surface area contributed by atoms with Gasteiger partial charge in [-0.1, -0.05) is 6.07 Å². The molecule has 2 N–H and O–H groups in total. The summed E-state index contributed by atoms with van der Waals surface area (Å²) >= 11 is 0. The van der Waals surface area contributed by atoms with Crippen LogP contribution in [0, 0.1) is 5.82 Å². The number of carbonyl (C=O) groups excluding carboxylic acids is 1. The molecule has 1 aromatic heterocycles. The highest BCUT2D eigenvalue weighted by Gasteiger charge is 2.18. The first-order valence-corrected chi connectivity index (χ1v) is 11.4. The molecule has 0 fully saturated rings. The van der Waals surface area contributed by atoms with Crippen LogP contribution in [0.2, 0.25) is 0 Å². The summed E-state index contributed by atoms with van der Waals surface area (Å²) in [7, 11) is 1.60. The molecule has 0 bridgehead atoms. The average molecular weight is 490 g/mol. The van der Waals surface area contributed by atoms with Crippen molar-refractivity contribution in [3.05, 3.63) is 88.5 Å². The predicted octanol–water partition coefficient (Wildman–Crippen LogP) is 4.17. The van der Waals surface area contributed by atoms with Gasteiger partial charge >= 0.3 is 0 Å². The average Bonchev–Trinajstić information content (AvgIpc) is 2.88. The Morgan fingerprint density at radius 2 is 1.75 bits per heavy atom. The van der Waals surface area contributed by atoms with Crippen molar-refractivity contribution in [3.63, 3.8) is 0 Å². The fourth-order valence-electron chi connectivity index (χ4n) is 4.08. The van der Waals surface area contributed by atoms with Crippen LogP contribution in [0.15, 0.2) is 71.5 Å². The largest absolute Gasteiger partial charge is 0.497 e. The Bertz CT molecular complexity index is 1480. The molecule has 1 aliphatic rings. The van der Waals surface area contributed by atoms with Gasteiger partial charge in [0.05, 0.1) is 12.6 Å². The van der Waals surface area contributed by atoms with E-state index in [0.29, 0.717) is 41.5 Å². The minimum absolute atomic E-state index is 0.237. The number of anilines is 2. The van der Waals surface area contributed by atoms with Gasteiger partial charge in [-0.2, -0.15) is 0 Å². The molecule has 0 radical (unpaired) electrons. The molecule has 1 aliphatic heterocycles. The molecule has 0 unspecified atom stereocenters. The van der Waals surface area contributed by atoms with Gasteiger partial charge in [-0.05, 0) is 54.6 Å². The van der Waals surface area contributed by atoms with Gasteiger partial charge in [0.25, 0.3) is 5.56 Å². The van der Waals surface area contributed by atoms with Crippen molar-refractivity contribution in [1.82, 2.24) is 4.57 Å². The van der Waals surface area contributed by atoms with Crippen LogP contribution in [0.25, 0.3) is 10.9 Å². The molecule has 0 atom stereocenters. The van der Waals surface area contributed by atoms with Crippen LogP contribution in [0.5, 0.6) is 17.2 Å². The number of carbonyl (C=O) groups is 1. The summed E-state index contributed by atoms with van der Waals surface area (Å²) in [5, 5.41) is 6.62. The van der Waals surface area contributed by atoms with Crippen molar-refractivity contribution >= 4 is 28.2 Å². The van der Waals surface area contributed by atoms with Gasteiger partial charge in [0, 0.05) is 34.9 Å². The number of hydrogen-bond donors (Lipinski definition) is 2. The number of nitrogens with one attached hydrogen (secondary N) is 2. The Hall–Kier alpha value is -4.53. The maximum atomic E-state index is 13.6. The lowest BCUT2D eigenvalue weighted by molar-refractivity contribution is -0.116. The Balaban J connectivity index is 1.49. The second kappa shape index (κ2) is 9.99. The molecule has 3 aromatic carbocycles. The molecule has 0 spiro atoms. The van der Waals surface area contributed by atoms with Gasteiger partial charge in [0.15, 0.2) is 11.5 Å². The first kappa shape index (κ1) is 23.2. The van der Waals surface area contributed by atoms with E-state index in [0.717, 1.165) is 16.8 Å². The lowest BCUT2D eigenvalue weighted by Gasteiger charge is -2.21. The zero-order valence-electron chi connectivity index (χ0n) is 19.5. The highest BCUT2D eigenvalue weighted by Crippen LogP contribution is 2.34. The minimum atomic E-state index is -0.467. The number of pyridine rings is 1. The van der Waals surface area contributed by atoms with Crippen LogP contribution in [0.4, 0.5) is 15.8 Å². The second-order valence-electron chi connectivity index (χ2n) is 8.26. The van der Waals surface area contributed by atoms with Gasteiger partial charge in [-0.15, -0.1) is 0 Å². The van der Waals surface area contributed by atoms with Gasteiger partial charge in [0.1, 0.15) is 31.3 Å². The van der Waals surface area contributed by atoms with Crippen LogP contribution in [0.1, 0.15) is 5.56 Å². The molecule has 2 heterocycles. The molecular weight excluding hydrogens is 465 g/mol. The highest BCUT2D eigenvalue weighted by molar-refractivity contribution is 5.92. The Kier molecular flexibility index (Phi) is 6.44. The van der Waals surface area contributed by atoms with Crippen LogP contribution in [-0.2, 0) is 17.9 Å². The first-order chi connectivity index (χ1) is 17.5. The summed E-state index contributed by atoms with van der Waals surface area (Å²) < 4.78 is 31.5. The number of aromatic nitrogens is 1. The standard InChI is InChI=1S/C27H24FN3O5/c1-34-22-7-5-20(6-8-22)29-15-18-11-17-12-24-25(36-10-9-35-24)14-23(17)31(27(18)33)16-26(32)30-21-4-2-3-19(28)13-21/h2-8,11-14,29H,9-10,15-16H2,1H3,(H,30,32). The van der Waals surface area contributed by atoms with E-state index in [2.05, 4.69) is 10.6 Å². The lowest BCUT2D eigenvalue weighted by Crippen LogP contribution is -2.31. The van der Waals surface area contributed by atoms with Crippen molar-refractivity contribution in [2.24, 2.45) is 0 Å². The van der Waals surface area contributed by atoms with Crippen LogP contribution in [0.3, 0.4) is 0 Å². The normalized spacial score (nSPS) is 12.3. The third kappa shape index (κ3) is 4.95. The van der Waals surface area contributed by atoms with E-state index in [4.69, 9.17) is 14.2 Å². The van der Waals surface area contributed by atoms with Crippen molar-refractivity contribution in [3.8, 4) is 17.2 Å². The molecule has 1 amide bonds. The Morgan fingerprint density at radius 1 is 1.00 bits per heavy atom. The lowest BCUT2D eigenvalue weighted by atomic mass is 10.1. The number of benzene rings is 3. The topological polar surface area (TPSA) is 90.8 Å². The number of hydrogen-bond acceptors (Lipinski definition) is 6. The summed E-state index contributed by atoms with van der Waals surface area (Å²) in [5.41, 5.74) is 1.80. The molecule has 4 aromatic rings. The first-order valence-electron chi connectivity index (χ1n) is 11.4. The maximum Gasteiger partial charge on any atom is 0.256 e. The molecule has 8 nitrogen and oxygen atoms in total. The summed E-state index contributed by atoms with van der Waals surface area (Å²) in [6.07, 6.45) is 0. The number of amides is 1. The van der Waals surface area contributed by atoms with Gasteiger partial charge < -0.3 is 24.8 Å². The molecular formula is C27H24FN3O5. The number of nitrogens with zero attached hydrogens (tertiary/aromatic N) is 1. The quantitative estimate of drug-likeness (QED) is 0.405. The van der Waals surface area contributed by atoms with Gasteiger partial charge in [0.2, 0.25) is 5.91 Å². The monoisotopic (exact) mass is 489 g/mol. The van der Waals surface area contributed by atoms with Crippen molar-refractivity contribution in [2.45, 2.75) is 13.1 Å². The fourth-order valence-corrected chi connectivity index (χ4v) is 4.08. The number of rotatable bonds is 7. The predicted molar refractivity (Wildman–Crippen MR) is 135 cm³/mol. The van der Waals surface area contributed by atoms with E-state index in [1.165, 1.54) is 22.8 Å². The number of methoxy groups -OCH3 is 1. The van der Waals surface area contributed by atoms with Crippen molar-refractivity contribution in [1.29, 1.82) is 0 Å². The minimum Gasteiger partial charge on any atom is -0.497 e. The summed E-state index contributed by atoms with van der Waals surface area (Å²) in [4.78, 5) is 26.4. The number of halogens is 1. The smallest absolute Gasteiger partial charge is 0.256 e. The second-order valence-corrected chi connectivity index (χ2v) is 8.26. The maximum absolute atomic E-state index is 13.6. The van der Waals surface area contributed by atoms with E-state index in [-0.39, 0.29) is 18.6 Å². The SMILES string of the molecule is COc1ccc(NCc2cc3cc4c(cc3n(CC(=O)Nc3cccc(F)c3)c2=O)OCCO4)cc1. The Morgan fingerprint density at radius 3 is 2.47 bits per heavy atom. The number of ether oxygens (including phenoxy) is 3. The van der Waals surface area contributed by atoms with E-state index in [1.54, 1.807) is 31.4 Å². The fraction of sp³-hybridized carbons (Fsp3) is 0.185. The molecule has 184 valence electrons. The summed E-state index contributed by atoms with van der Waals surface area (Å²) in [6, 6.07) is 18.2. The zero-order chi connectivity index (χ0) is 25.1. The highest BCUT2D eigenvalue weighted by atomic mass is 19.1. The van der Waals surface area contributed by atoms with Crippen molar-refractivity contribution in [2.75, 3.05) is 31.0 Å².